The van der Waals surface area contributed by atoms with E-state index in [0.717, 1.165) is 77.3 Å². The summed E-state index contributed by atoms with van der Waals surface area (Å²) in [7, 11) is 0. The molecule has 79 heavy (non-hydrogen) atoms. The Bertz CT molecular complexity index is 4560. The molecule has 0 radical (unpaired) electrons. The van der Waals surface area contributed by atoms with Crippen molar-refractivity contribution >= 4 is 82.2 Å². The van der Waals surface area contributed by atoms with Crippen molar-refractivity contribution in [2.24, 2.45) is 0 Å². The molecule has 1 aliphatic rings. The second-order valence-electron chi connectivity index (χ2n) is 24.4. The molecule has 0 bridgehead atoms. The molecule has 0 fully saturated rings. The molecule has 6 heteroatoms. The highest BCUT2D eigenvalue weighted by molar-refractivity contribution is 6.22. The molecule has 386 valence electrons. The van der Waals surface area contributed by atoms with Gasteiger partial charge in [-0.1, -0.05) is 196 Å². The van der Waals surface area contributed by atoms with Crippen LogP contribution in [0.1, 0.15) is 79.0 Å². The predicted octanol–water partition coefficient (Wildman–Crippen LogP) is 20.4. The van der Waals surface area contributed by atoms with Gasteiger partial charge in [0.05, 0.1) is 34.3 Å². The fourth-order valence-corrected chi connectivity index (χ4v) is 11.9. The Morgan fingerprint density at radius 3 is 1.71 bits per heavy atom. The molecular formula is C73H63N5O. The Kier molecular flexibility index (Phi) is 11.6. The van der Waals surface area contributed by atoms with Crippen LogP contribution in [0.25, 0.3) is 98.1 Å². The van der Waals surface area contributed by atoms with Crippen molar-refractivity contribution in [1.29, 1.82) is 0 Å². The summed E-state index contributed by atoms with van der Waals surface area (Å²) >= 11 is 0. The van der Waals surface area contributed by atoms with Gasteiger partial charge in [-0.05, 0) is 126 Å². The molecule has 0 aliphatic carbocycles. The summed E-state index contributed by atoms with van der Waals surface area (Å²) in [6, 6.07) is 72.6. The first-order chi connectivity index (χ1) is 38.0. The first-order valence-electron chi connectivity index (χ1n) is 27.5. The largest absolute Gasteiger partial charge is 0.459 e. The van der Waals surface area contributed by atoms with Crippen molar-refractivity contribution in [2.45, 2.75) is 85.2 Å². The minimum Gasteiger partial charge on any atom is -0.459 e. The van der Waals surface area contributed by atoms with E-state index in [1.807, 2.05) is 24.4 Å². The second-order valence-corrected chi connectivity index (χ2v) is 24.4. The lowest BCUT2D eigenvalue weighted by molar-refractivity contribution is 0.483. The Morgan fingerprint density at radius 2 is 1.04 bits per heavy atom. The van der Waals surface area contributed by atoms with Crippen LogP contribution in [0.5, 0.6) is 11.5 Å². The van der Waals surface area contributed by atoms with Gasteiger partial charge < -0.3 is 14.2 Å². The third-order valence-corrected chi connectivity index (χ3v) is 16.1. The van der Waals surface area contributed by atoms with Crippen LogP contribution in [0.2, 0.25) is 0 Å². The molecule has 0 atom stereocenters. The standard InChI is InChI=1S/C73H63N5O/c1-71(2,3)49-31-29-46(30-32-49)47-37-48(39-51(38-47)73(7,8)9)56-24-17-25-63-59-21-13-11-19-57(59)58-20-12-14-22-60(58)64-26-18-28-66-70(64)77(69(56)63)45-76(66)53-41-52(74-10)42-55(43-53)79-54-33-34-62-61-23-15-16-27-65(61)78(67(62)44-54)68-40-50(35-36-75-68)72(4,5)6/h11-44H,45H2,1-9H3. The topological polar surface area (TPSA) is 39.6 Å². The van der Waals surface area contributed by atoms with Gasteiger partial charge >= 0.3 is 0 Å². The van der Waals surface area contributed by atoms with Gasteiger partial charge in [-0.25, -0.2) is 9.83 Å². The number of ether oxygens (including phenoxy) is 1. The Morgan fingerprint density at radius 1 is 0.443 bits per heavy atom. The first kappa shape index (κ1) is 49.4. The maximum atomic E-state index is 8.47. The Balaban J connectivity index is 1.02. The van der Waals surface area contributed by atoms with E-state index in [1.165, 1.54) is 44.0 Å². The molecule has 0 saturated carbocycles. The van der Waals surface area contributed by atoms with E-state index >= 15 is 0 Å². The fourth-order valence-electron chi connectivity index (χ4n) is 11.9. The van der Waals surface area contributed by atoms with Gasteiger partial charge in [-0.3, -0.25) is 4.57 Å². The maximum Gasteiger partial charge on any atom is 0.192 e. The van der Waals surface area contributed by atoms with E-state index in [4.69, 9.17) is 16.3 Å². The van der Waals surface area contributed by atoms with Crippen LogP contribution in [0.4, 0.5) is 17.1 Å². The molecule has 0 amide bonds. The molecule has 6 nitrogen and oxygen atoms in total. The lowest BCUT2D eigenvalue weighted by Gasteiger charge is -2.23. The molecular weight excluding hydrogens is 963 g/mol. The van der Waals surface area contributed by atoms with Crippen molar-refractivity contribution < 1.29 is 4.74 Å². The molecule has 0 spiro atoms. The number of nitrogens with zero attached hydrogens (tertiary/aromatic N) is 5. The van der Waals surface area contributed by atoms with Gasteiger partial charge in [0, 0.05) is 51.1 Å². The van der Waals surface area contributed by atoms with Gasteiger partial charge in [0.2, 0.25) is 0 Å². The average molecular weight is 1030 g/mol. The number of pyridine rings is 1. The van der Waals surface area contributed by atoms with E-state index in [9.17, 15) is 0 Å². The van der Waals surface area contributed by atoms with Crippen molar-refractivity contribution in [3.8, 4) is 39.6 Å². The molecule has 9 aromatic carbocycles. The van der Waals surface area contributed by atoms with Gasteiger partial charge in [-0.15, -0.1) is 0 Å². The number of hydrogen-bond acceptors (Lipinski definition) is 3. The van der Waals surface area contributed by atoms with Gasteiger partial charge in [0.25, 0.3) is 0 Å². The molecule has 3 aromatic heterocycles. The molecule has 0 saturated heterocycles. The Labute approximate surface area is 462 Å². The summed E-state index contributed by atoms with van der Waals surface area (Å²) in [6.07, 6.45) is 1.91. The normalized spacial score (nSPS) is 12.8. The fraction of sp³-hybridized carbons (Fsp3) is 0.178. The third-order valence-electron chi connectivity index (χ3n) is 16.1. The zero-order chi connectivity index (χ0) is 54.5. The highest BCUT2D eigenvalue weighted by atomic mass is 16.5. The third kappa shape index (κ3) is 8.62. The summed E-state index contributed by atoms with van der Waals surface area (Å²) in [5, 5.41) is 9.24. The number of rotatable bonds is 6. The van der Waals surface area contributed by atoms with Crippen molar-refractivity contribution in [2.75, 3.05) is 4.90 Å². The summed E-state index contributed by atoms with van der Waals surface area (Å²) in [5.74, 6) is 2.10. The van der Waals surface area contributed by atoms with Crippen LogP contribution in [-0.2, 0) is 22.9 Å². The summed E-state index contributed by atoms with van der Waals surface area (Å²) < 4.78 is 11.7. The molecule has 13 rings (SSSR count). The predicted molar refractivity (Wildman–Crippen MR) is 333 cm³/mol. The minimum absolute atomic E-state index is 0.0485. The quantitative estimate of drug-likeness (QED) is 0.156. The maximum absolute atomic E-state index is 8.47. The van der Waals surface area contributed by atoms with E-state index in [0.29, 0.717) is 23.9 Å². The second kappa shape index (κ2) is 18.5. The number of hydrogen-bond donors (Lipinski definition) is 0. The summed E-state index contributed by atoms with van der Waals surface area (Å²) in [5.41, 5.74) is 15.1. The van der Waals surface area contributed by atoms with Crippen LogP contribution < -0.4 is 9.64 Å². The number of aromatic nitrogens is 3. The zero-order valence-electron chi connectivity index (χ0n) is 46.5. The van der Waals surface area contributed by atoms with Crippen molar-refractivity contribution in [3.63, 3.8) is 0 Å². The Hall–Kier alpha value is -9.18. The van der Waals surface area contributed by atoms with Crippen molar-refractivity contribution in [3.05, 3.63) is 234 Å². The molecule has 0 N–H and O–H groups in total. The highest BCUT2D eigenvalue weighted by Crippen LogP contribution is 2.47. The molecule has 1 aliphatic heterocycles. The molecule has 12 aromatic rings. The summed E-state index contributed by atoms with van der Waals surface area (Å²) in [6.45, 7) is 29.4. The van der Waals surface area contributed by atoms with Crippen LogP contribution in [0, 0.1) is 6.57 Å². The first-order valence-corrected chi connectivity index (χ1v) is 27.5. The molecule has 4 heterocycles. The van der Waals surface area contributed by atoms with E-state index < -0.39 is 0 Å². The lowest BCUT2D eigenvalue weighted by Crippen LogP contribution is -2.15. The van der Waals surface area contributed by atoms with E-state index in [-0.39, 0.29) is 16.2 Å². The number of fused-ring (bicyclic) bond motifs is 10. The van der Waals surface area contributed by atoms with Gasteiger partial charge in [-0.2, -0.15) is 0 Å². The SMILES string of the molecule is [C-]#[N+]c1cc(Oc2ccc3c4ccccc4n(-c4cc(C(C)(C)C)ccn4)c3c2)cc(N2Cn3c4c(-c5cc(-c6ccc(C(C)(C)C)cc6)cc(C(C)(C)C)c5)cccc4c4ccccc4c4ccccc4c4cccc2c43)c1. The number of para-hydroxylation sites is 3. The summed E-state index contributed by atoms with van der Waals surface area (Å²) in [4.78, 5) is 11.4. The highest BCUT2D eigenvalue weighted by Gasteiger charge is 2.28. The number of anilines is 2. The minimum atomic E-state index is -0.123. The van der Waals surface area contributed by atoms with Gasteiger partial charge in [0.15, 0.2) is 5.69 Å². The van der Waals surface area contributed by atoms with Crippen LogP contribution >= 0.6 is 0 Å². The molecule has 0 unspecified atom stereocenters. The monoisotopic (exact) mass is 1030 g/mol. The van der Waals surface area contributed by atoms with Crippen molar-refractivity contribution in [1.82, 2.24) is 14.1 Å². The smallest absolute Gasteiger partial charge is 0.192 e. The number of benzene rings is 9. The van der Waals surface area contributed by atoms with Gasteiger partial charge in [0.1, 0.15) is 24.0 Å². The van der Waals surface area contributed by atoms with Crippen LogP contribution in [-0.4, -0.2) is 14.1 Å². The van der Waals surface area contributed by atoms with E-state index in [1.54, 1.807) is 0 Å². The van der Waals surface area contributed by atoms with E-state index in [2.05, 4.69) is 263 Å². The van der Waals surface area contributed by atoms with Crippen LogP contribution in [0.3, 0.4) is 0 Å². The average Bonchev–Trinajstić information content (AvgIpc) is 4.12. The van der Waals surface area contributed by atoms with Crippen LogP contribution in [0.15, 0.2) is 206 Å². The zero-order valence-corrected chi connectivity index (χ0v) is 46.5. The lowest BCUT2D eigenvalue weighted by atomic mass is 9.82.